The third-order valence-electron chi connectivity index (χ3n) is 4.69. The quantitative estimate of drug-likeness (QED) is 0.669. The molecule has 0 atom stereocenters. The highest BCUT2D eigenvalue weighted by molar-refractivity contribution is 7.89. The summed E-state index contributed by atoms with van der Waals surface area (Å²) in [6, 6.07) is 11.8. The van der Waals surface area contributed by atoms with Gasteiger partial charge in [-0.25, -0.2) is 8.42 Å². The standard InChI is InChI=1S/C20H23Cl2N3O4S/c1-2-29-17-8-4-3-7-16(17)23-19(26)14-24-10-12-25(13-11-24)30(27,28)18-9-5-6-15(21)20(18)22/h3-9H,2,10-14H2,1H3,(H,23,26). The number of hydrogen-bond acceptors (Lipinski definition) is 5. The maximum atomic E-state index is 12.9. The molecule has 3 rings (SSSR count). The van der Waals surface area contributed by atoms with Gasteiger partial charge in [-0.1, -0.05) is 41.4 Å². The summed E-state index contributed by atoms with van der Waals surface area (Å²) >= 11 is 12.1. The monoisotopic (exact) mass is 471 g/mol. The lowest BCUT2D eigenvalue weighted by atomic mass is 10.3. The Labute approximate surface area is 186 Å². The Morgan fingerprint density at radius 2 is 1.77 bits per heavy atom. The summed E-state index contributed by atoms with van der Waals surface area (Å²) < 4.78 is 32.7. The third kappa shape index (κ3) is 5.25. The molecule has 1 amide bonds. The Balaban J connectivity index is 1.58. The maximum absolute atomic E-state index is 12.9. The molecule has 1 aliphatic rings. The second kappa shape index (κ2) is 9.98. The number of hydrogen-bond donors (Lipinski definition) is 1. The van der Waals surface area contributed by atoms with Gasteiger partial charge in [-0.15, -0.1) is 0 Å². The zero-order valence-electron chi connectivity index (χ0n) is 16.5. The van der Waals surface area contributed by atoms with Crippen LogP contribution in [0.3, 0.4) is 0 Å². The van der Waals surface area contributed by atoms with Crippen molar-refractivity contribution in [1.29, 1.82) is 0 Å². The lowest BCUT2D eigenvalue weighted by Crippen LogP contribution is -2.50. The van der Waals surface area contributed by atoms with Gasteiger partial charge in [0.15, 0.2) is 0 Å². The van der Waals surface area contributed by atoms with Crippen LogP contribution in [0.15, 0.2) is 47.4 Å². The number of carbonyl (C=O) groups is 1. The number of sulfonamides is 1. The summed E-state index contributed by atoms with van der Waals surface area (Å²) in [6.07, 6.45) is 0. The second-order valence-corrected chi connectivity index (χ2v) is 9.40. The van der Waals surface area contributed by atoms with Crippen LogP contribution in [0, 0.1) is 0 Å². The number of para-hydroxylation sites is 2. The van der Waals surface area contributed by atoms with Crippen molar-refractivity contribution >= 4 is 44.8 Å². The van der Waals surface area contributed by atoms with Gasteiger partial charge < -0.3 is 10.1 Å². The molecule has 0 spiro atoms. The highest BCUT2D eigenvalue weighted by Crippen LogP contribution is 2.31. The smallest absolute Gasteiger partial charge is 0.244 e. The first-order chi connectivity index (χ1) is 14.3. The van der Waals surface area contributed by atoms with Crippen LogP contribution in [0.5, 0.6) is 5.75 Å². The molecule has 1 saturated heterocycles. The predicted molar refractivity (Wildman–Crippen MR) is 118 cm³/mol. The highest BCUT2D eigenvalue weighted by Gasteiger charge is 2.31. The molecule has 1 heterocycles. The van der Waals surface area contributed by atoms with Gasteiger partial charge in [0.1, 0.15) is 10.6 Å². The molecule has 7 nitrogen and oxygen atoms in total. The van der Waals surface area contributed by atoms with Gasteiger partial charge in [0.2, 0.25) is 15.9 Å². The van der Waals surface area contributed by atoms with Gasteiger partial charge in [0, 0.05) is 26.2 Å². The summed E-state index contributed by atoms with van der Waals surface area (Å²) in [6.45, 7) is 3.91. The molecule has 1 aliphatic heterocycles. The zero-order valence-corrected chi connectivity index (χ0v) is 18.8. The van der Waals surface area contributed by atoms with Crippen LogP contribution < -0.4 is 10.1 Å². The van der Waals surface area contributed by atoms with Crippen molar-refractivity contribution in [2.45, 2.75) is 11.8 Å². The van der Waals surface area contributed by atoms with Crippen LogP contribution in [0.25, 0.3) is 0 Å². The lowest BCUT2D eigenvalue weighted by molar-refractivity contribution is -0.117. The average molecular weight is 472 g/mol. The minimum absolute atomic E-state index is 0.00427. The fourth-order valence-corrected chi connectivity index (χ4v) is 5.35. The summed E-state index contributed by atoms with van der Waals surface area (Å²) in [5.74, 6) is 0.430. The first-order valence-electron chi connectivity index (χ1n) is 9.51. The fraction of sp³-hybridized carbons (Fsp3) is 0.350. The number of halogens is 2. The predicted octanol–water partition coefficient (Wildman–Crippen LogP) is 3.34. The van der Waals surface area contributed by atoms with Gasteiger partial charge in [0.25, 0.3) is 0 Å². The van der Waals surface area contributed by atoms with Gasteiger partial charge in [0.05, 0.1) is 28.9 Å². The third-order valence-corrected chi connectivity index (χ3v) is 7.57. The summed E-state index contributed by atoms with van der Waals surface area (Å²) in [5, 5.41) is 3.07. The molecule has 30 heavy (non-hydrogen) atoms. The molecule has 2 aromatic rings. The molecule has 162 valence electrons. The number of ether oxygens (including phenoxy) is 1. The second-order valence-electron chi connectivity index (χ2n) is 6.71. The molecule has 0 saturated carbocycles. The Hall–Kier alpha value is -1.84. The van der Waals surface area contributed by atoms with E-state index in [-0.39, 0.29) is 40.5 Å². The lowest BCUT2D eigenvalue weighted by Gasteiger charge is -2.33. The van der Waals surface area contributed by atoms with Crippen molar-refractivity contribution in [1.82, 2.24) is 9.21 Å². The molecular weight excluding hydrogens is 449 g/mol. The van der Waals surface area contributed by atoms with E-state index in [2.05, 4.69) is 5.32 Å². The van der Waals surface area contributed by atoms with Gasteiger partial charge in [-0.3, -0.25) is 9.69 Å². The van der Waals surface area contributed by atoms with Crippen LogP contribution in [0.4, 0.5) is 5.69 Å². The number of piperazine rings is 1. The number of carbonyl (C=O) groups excluding carboxylic acids is 1. The van der Waals surface area contributed by atoms with E-state index in [4.69, 9.17) is 27.9 Å². The number of amides is 1. The van der Waals surface area contributed by atoms with E-state index in [1.807, 2.05) is 24.0 Å². The molecule has 0 aliphatic carbocycles. The van der Waals surface area contributed by atoms with Crippen LogP contribution in [-0.4, -0.2) is 62.9 Å². The summed E-state index contributed by atoms with van der Waals surface area (Å²) in [4.78, 5) is 14.3. The van der Waals surface area contributed by atoms with Gasteiger partial charge in [-0.05, 0) is 31.2 Å². The zero-order chi connectivity index (χ0) is 21.7. The van der Waals surface area contributed by atoms with Crippen LogP contribution in [0.2, 0.25) is 10.0 Å². The van der Waals surface area contributed by atoms with E-state index in [0.717, 1.165) is 0 Å². The van der Waals surface area contributed by atoms with Crippen molar-refractivity contribution in [3.63, 3.8) is 0 Å². The number of rotatable bonds is 7. The van der Waals surface area contributed by atoms with Crippen LogP contribution in [0.1, 0.15) is 6.92 Å². The molecule has 0 aromatic heterocycles. The Morgan fingerprint density at radius 3 is 2.47 bits per heavy atom. The number of benzene rings is 2. The fourth-order valence-electron chi connectivity index (χ4n) is 3.19. The highest BCUT2D eigenvalue weighted by atomic mass is 35.5. The minimum Gasteiger partial charge on any atom is -0.492 e. The molecule has 0 bridgehead atoms. The molecular formula is C20H23Cl2N3O4S. The van der Waals surface area contributed by atoms with Gasteiger partial charge in [-0.2, -0.15) is 4.31 Å². The van der Waals surface area contributed by atoms with Crippen molar-refractivity contribution in [3.05, 3.63) is 52.5 Å². The van der Waals surface area contributed by atoms with Crippen LogP contribution >= 0.6 is 23.2 Å². The molecule has 1 fully saturated rings. The minimum atomic E-state index is -3.75. The van der Waals surface area contributed by atoms with E-state index < -0.39 is 10.0 Å². The van der Waals surface area contributed by atoms with E-state index in [0.29, 0.717) is 31.1 Å². The van der Waals surface area contributed by atoms with Crippen molar-refractivity contribution in [3.8, 4) is 5.75 Å². The first kappa shape index (κ1) is 22.8. The van der Waals surface area contributed by atoms with E-state index >= 15 is 0 Å². The van der Waals surface area contributed by atoms with Gasteiger partial charge >= 0.3 is 0 Å². The van der Waals surface area contributed by atoms with E-state index in [1.165, 1.54) is 10.4 Å². The SMILES string of the molecule is CCOc1ccccc1NC(=O)CN1CCN(S(=O)(=O)c2cccc(Cl)c2Cl)CC1. The Kier molecular flexibility index (Phi) is 7.60. The Bertz CT molecular complexity index is 1010. The maximum Gasteiger partial charge on any atom is 0.244 e. The first-order valence-corrected chi connectivity index (χ1v) is 11.7. The van der Waals surface area contributed by atoms with Crippen molar-refractivity contribution < 1.29 is 17.9 Å². The van der Waals surface area contributed by atoms with Crippen molar-refractivity contribution in [2.24, 2.45) is 0 Å². The molecule has 10 heteroatoms. The van der Waals surface area contributed by atoms with E-state index in [9.17, 15) is 13.2 Å². The molecule has 2 aromatic carbocycles. The summed E-state index contributed by atoms with van der Waals surface area (Å²) in [5.41, 5.74) is 0.612. The topological polar surface area (TPSA) is 79.0 Å². The Morgan fingerprint density at radius 1 is 1.07 bits per heavy atom. The summed E-state index contributed by atoms with van der Waals surface area (Å²) in [7, 11) is -3.75. The normalized spacial score (nSPS) is 15.7. The number of anilines is 1. The average Bonchev–Trinajstić information content (AvgIpc) is 2.72. The molecule has 1 N–H and O–H groups in total. The van der Waals surface area contributed by atoms with Crippen LogP contribution in [-0.2, 0) is 14.8 Å². The number of nitrogens with one attached hydrogen (secondary N) is 1. The van der Waals surface area contributed by atoms with Crippen molar-refractivity contribution in [2.75, 3.05) is 44.6 Å². The van der Waals surface area contributed by atoms with E-state index in [1.54, 1.807) is 24.3 Å². The molecule has 0 unspecified atom stereocenters. The largest absolute Gasteiger partial charge is 0.492 e. The number of nitrogens with zero attached hydrogens (tertiary/aromatic N) is 2. The molecule has 0 radical (unpaired) electrons.